The summed E-state index contributed by atoms with van der Waals surface area (Å²) in [6.45, 7) is 7.33. The van der Waals surface area contributed by atoms with Crippen molar-refractivity contribution in [3.8, 4) is 0 Å². The van der Waals surface area contributed by atoms with Crippen LogP contribution < -0.4 is 5.32 Å². The zero-order chi connectivity index (χ0) is 12.8. The van der Waals surface area contributed by atoms with Crippen molar-refractivity contribution in [3.63, 3.8) is 0 Å². The van der Waals surface area contributed by atoms with Crippen molar-refractivity contribution in [1.29, 1.82) is 0 Å². The van der Waals surface area contributed by atoms with E-state index in [1.54, 1.807) is 0 Å². The van der Waals surface area contributed by atoms with Gasteiger partial charge in [0, 0.05) is 11.1 Å². The van der Waals surface area contributed by atoms with Gasteiger partial charge in [-0.25, -0.2) is 0 Å². The summed E-state index contributed by atoms with van der Waals surface area (Å²) in [4.78, 5) is 12.7. The topological polar surface area (TPSA) is 38.3 Å². The Kier molecular flexibility index (Phi) is 6.16. The summed E-state index contributed by atoms with van der Waals surface area (Å²) in [5.41, 5.74) is 0. The lowest BCUT2D eigenvalue weighted by molar-refractivity contribution is 0.0809. The number of hydrogen-bond donors (Lipinski definition) is 1. The predicted octanol–water partition coefficient (Wildman–Crippen LogP) is 3.30. The Bertz CT molecular complexity index is 365. The smallest absolute Gasteiger partial charge is 0.262 e. The second-order valence-electron chi connectivity index (χ2n) is 4.08. The van der Waals surface area contributed by atoms with Crippen molar-refractivity contribution in [1.82, 2.24) is 5.32 Å². The first-order valence-electron chi connectivity index (χ1n) is 5.67. The Labute approximate surface area is 115 Å². The minimum Gasteiger partial charge on any atom is -0.380 e. The number of carbonyl (C=O) groups is 1. The van der Waals surface area contributed by atoms with Crippen LogP contribution in [0.5, 0.6) is 0 Å². The highest BCUT2D eigenvalue weighted by molar-refractivity contribution is 9.10. The van der Waals surface area contributed by atoms with Gasteiger partial charge in [-0.15, -0.1) is 11.3 Å². The summed E-state index contributed by atoms with van der Waals surface area (Å²) in [6.07, 6.45) is 0. The summed E-state index contributed by atoms with van der Waals surface area (Å²) in [5, 5.41) is 4.91. The maximum atomic E-state index is 12.0. The number of hydrogen-bond acceptors (Lipinski definition) is 3. The SMILES string of the molecule is CCOCC(NC(=O)c1sccc1Br)C(C)C. The van der Waals surface area contributed by atoms with Crippen LogP contribution in [0.25, 0.3) is 0 Å². The van der Waals surface area contributed by atoms with Crippen molar-refractivity contribution >= 4 is 33.2 Å². The number of ether oxygens (including phenoxy) is 1. The number of halogens is 1. The van der Waals surface area contributed by atoms with E-state index >= 15 is 0 Å². The fourth-order valence-corrected chi connectivity index (χ4v) is 2.79. The van der Waals surface area contributed by atoms with E-state index in [2.05, 4.69) is 35.1 Å². The van der Waals surface area contributed by atoms with Crippen molar-refractivity contribution in [3.05, 3.63) is 20.8 Å². The van der Waals surface area contributed by atoms with Crippen LogP contribution in [-0.2, 0) is 4.74 Å². The predicted molar refractivity (Wildman–Crippen MR) is 74.6 cm³/mol. The highest BCUT2D eigenvalue weighted by atomic mass is 79.9. The second-order valence-corrected chi connectivity index (χ2v) is 5.85. The Hall–Kier alpha value is -0.390. The first kappa shape index (κ1) is 14.7. The zero-order valence-corrected chi connectivity index (χ0v) is 12.7. The van der Waals surface area contributed by atoms with Crippen molar-refractivity contribution in [2.75, 3.05) is 13.2 Å². The standard InChI is InChI=1S/C12H18BrNO2S/c1-4-16-7-10(8(2)3)14-12(15)11-9(13)5-6-17-11/h5-6,8,10H,4,7H2,1-3H3,(H,14,15). The molecular weight excluding hydrogens is 302 g/mol. The van der Waals surface area contributed by atoms with E-state index in [1.807, 2.05) is 18.4 Å². The van der Waals surface area contributed by atoms with E-state index in [0.29, 0.717) is 24.0 Å². The highest BCUT2D eigenvalue weighted by Gasteiger charge is 2.19. The number of rotatable bonds is 6. The molecule has 1 aromatic heterocycles. The molecule has 1 unspecified atom stereocenters. The van der Waals surface area contributed by atoms with Crippen molar-refractivity contribution in [2.45, 2.75) is 26.8 Å². The third-order valence-electron chi connectivity index (χ3n) is 2.45. The summed E-state index contributed by atoms with van der Waals surface area (Å²) in [6, 6.07) is 1.93. The molecule has 0 aliphatic heterocycles. The molecule has 0 aliphatic carbocycles. The number of amides is 1. The van der Waals surface area contributed by atoms with Crippen molar-refractivity contribution in [2.24, 2.45) is 5.92 Å². The Morgan fingerprint density at radius 1 is 1.59 bits per heavy atom. The summed E-state index contributed by atoms with van der Waals surface area (Å²) in [7, 11) is 0. The van der Waals surface area contributed by atoms with E-state index in [-0.39, 0.29) is 11.9 Å². The van der Waals surface area contributed by atoms with Gasteiger partial charge in [0.15, 0.2) is 0 Å². The summed E-state index contributed by atoms with van der Waals surface area (Å²) in [5.74, 6) is 0.314. The third-order valence-corrected chi connectivity index (χ3v) is 4.28. The molecule has 0 aliphatic rings. The normalized spacial score (nSPS) is 12.8. The summed E-state index contributed by atoms with van der Waals surface area (Å²) < 4.78 is 6.23. The van der Waals surface area contributed by atoms with Crippen LogP contribution in [-0.4, -0.2) is 25.2 Å². The van der Waals surface area contributed by atoms with Gasteiger partial charge in [0.25, 0.3) is 5.91 Å². The van der Waals surface area contributed by atoms with E-state index < -0.39 is 0 Å². The Morgan fingerprint density at radius 3 is 2.76 bits per heavy atom. The number of carbonyl (C=O) groups excluding carboxylic acids is 1. The molecule has 1 aromatic rings. The molecule has 0 saturated carbocycles. The first-order chi connectivity index (χ1) is 8.06. The maximum Gasteiger partial charge on any atom is 0.262 e. The minimum atomic E-state index is -0.0368. The molecule has 1 atom stereocenters. The average Bonchev–Trinajstić information content (AvgIpc) is 2.70. The number of thiophene rings is 1. The fraction of sp³-hybridized carbons (Fsp3) is 0.583. The zero-order valence-electron chi connectivity index (χ0n) is 10.3. The molecule has 1 N–H and O–H groups in total. The Balaban J connectivity index is 2.61. The molecule has 5 heteroatoms. The highest BCUT2D eigenvalue weighted by Crippen LogP contribution is 2.22. The average molecular weight is 320 g/mol. The molecule has 3 nitrogen and oxygen atoms in total. The van der Waals surface area contributed by atoms with Gasteiger partial charge >= 0.3 is 0 Å². The van der Waals surface area contributed by atoms with Gasteiger partial charge in [0.1, 0.15) is 4.88 Å². The molecular formula is C12H18BrNO2S. The molecule has 0 radical (unpaired) electrons. The lowest BCUT2D eigenvalue weighted by Crippen LogP contribution is -2.41. The number of nitrogens with one attached hydrogen (secondary N) is 1. The van der Waals surface area contributed by atoms with Gasteiger partial charge < -0.3 is 10.1 Å². The molecule has 96 valence electrons. The van der Waals surface area contributed by atoms with Crippen LogP contribution in [0.3, 0.4) is 0 Å². The van der Waals surface area contributed by atoms with Gasteiger partial charge in [-0.05, 0) is 40.2 Å². The van der Waals surface area contributed by atoms with Crippen LogP contribution in [0.1, 0.15) is 30.4 Å². The lowest BCUT2D eigenvalue weighted by Gasteiger charge is -2.21. The van der Waals surface area contributed by atoms with Crippen LogP contribution in [0.15, 0.2) is 15.9 Å². The largest absolute Gasteiger partial charge is 0.380 e. The minimum absolute atomic E-state index is 0.0368. The Morgan fingerprint density at radius 2 is 2.29 bits per heavy atom. The molecule has 0 aromatic carbocycles. The van der Waals surface area contributed by atoms with Crippen LogP contribution in [0, 0.1) is 5.92 Å². The van der Waals surface area contributed by atoms with E-state index in [0.717, 1.165) is 4.47 Å². The molecule has 0 saturated heterocycles. The second kappa shape index (κ2) is 7.13. The first-order valence-corrected chi connectivity index (χ1v) is 7.35. The fourth-order valence-electron chi connectivity index (χ4n) is 1.34. The monoisotopic (exact) mass is 319 g/mol. The van der Waals surface area contributed by atoms with Crippen LogP contribution in [0.4, 0.5) is 0 Å². The van der Waals surface area contributed by atoms with Gasteiger partial charge in [-0.1, -0.05) is 13.8 Å². The molecule has 0 bridgehead atoms. The molecule has 1 amide bonds. The molecule has 0 fully saturated rings. The van der Waals surface area contributed by atoms with Gasteiger partial charge in [-0.3, -0.25) is 4.79 Å². The van der Waals surface area contributed by atoms with Crippen LogP contribution in [0.2, 0.25) is 0 Å². The van der Waals surface area contributed by atoms with E-state index in [9.17, 15) is 4.79 Å². The summed E-state index contributed by atoms with van der Waals surface area (Å²) >= 11 is 4.80. The molecule has 0 spiro atoms. The van der Waals surface area contributed by atoms with Gasteiger partial charge in [0.2, 0.25) is 0 Å². The molecule has 17 heavy (non-hydrogen) atoms. The van der Waals surface area contributed by atoms with Gasteiger partial charge in [-0.2, -0.15) is 0 Å². The quantitative estimate of drug-likeness (QED) is 0.873. The van der Waals surface area contributed by atoms with Crippen molar-refractivity contribution < 1.29 is 9.53 Å². The van der Waals surface area contributed by atoms with Crippen LogP contribution >= 0.6 is 27.3 Å². The third kappa shape index (κ3) is 4.41. The van der Waals surface area contributed by atoms with Gasteiger partial charge in [0.05, 0.1) is 12.6 Å². The van der Waals surface area contributed by atoms with E-state index in [4.69, 9.17) is 4.74 Å². The molecule has 1 heterocycles. The molecule has 1 rings (SSSR count). The maximum absolute atomic E-state index is 12.0. The lowest BCUT2D eigenvalue weighted by atomic mass is 10.1. The van der Waals surface area contributed by atoms with E-state index in [1.165, 1.54) is 11.3 Å².